The summed E-state index contributed by atoms with van der Waals surface area (Å²) in [5.41, 5.74) is 5.34. The third kappa shape index (κ3) is 3.12. The molecule has 0 radical (unpaired) electrons. The second-order valence-electron chi connectivity index (χ2n) is 6.68. The van der Waals surface area contributed by atoms with Gasteiger partial charge in [-0.3, -0.25) is 9.10 Å². The molecule has 24 heavy (non-hydrogen) atoms. The summed E-state index contributed by atoms with van der Waals surface area (Å²) < 4.78 is 39.4. The number of carbonyl (C=O) groups excluding carboxylic acids is 1. The fourth-order valence-electron chi connectivity index (χ4n) is 3.46. The summed E-state index contributed by atoms with van der Waals surface area (Å²) in [6, 6.07) is 7.16. The van der Waals surface area contributed by atoms with Crippen molar-refractivity contribution in [3.05, 3.63) is 29.8 Å². The number of nitrogens with zero attached hydrogens (tertiary/aromatic N) is 2. The van der Waals surface area contributed by atoms with Crippen LogP contribution >= 0.6 is 0 Å². The topological polar surface area (TPSA) is 83.7 Å². The number of carbonyl (C=O) groups is 1. The average molecular weight is 355 g/mol. The highest BCUT2D eigenvalue weighted by molar-refractivity contribution is 7.92. The molecule has 0 aromatic heterocycles. The summed E-state index contributed by atoms with van der Waals surface area (Å²) in [5.74, 6) is -0.489. The minimum Gasteiger partial charge on any atom is -0.336 e. The quantitative estimate of drug-likeness (QED) is 0.872. The van der Waals surface area contributed by atoms with E-state index in [0.29, 0.717) is 18.8 Å². The number of fused-ring (bicyclic) bond motifs is 1. The number of hydrogen-bond donors (Lipinski definition) is 1. The minimum atomic E-state index is -3.43. The Morgan fingerprint density at radius 1 is 1.33 bits per heavy atom. The molecule has 1 aromatic rings. The van der Waals surface area contributed by atoms with E-state index >= 15 is 0 Å². The minimum absolute atomic E-state index is 0.0680. The van der Waals surface area contributed by atoms with E-state index in [1.54, 1.807) is 17.0 Å². The van der Waals surface area contributed by atoms with E-state index in [1.165, 1.54) is 4.31 Å². The van der Waals surface area contributed by atoms with Crippen molar-refractivity contribution in [3.63, 3.8) is 0 Å². The zero-order chi connectivity index (χ0) is 17.5. The van der Waals surface area contributed by atoms with Crippen molar-refractivity contribution in [2.24, 2.45) is 11.7 Å². The lowest BCUT2D eigenvalue weighted by atomic mass is 9.71. The molecule has 1 aliphatic carbocycles. The molecule has 1 saturated carbocycles. The Hall–Kier alpha value is -1.67. The number of sulfonamides is 1. The molecule has 1 aromatic carbocycles. The van der Waals surface area contributed by atoms with Crippen molar-refractivity contribution in [1.29, 1.82) is 0 Å². The van der Waals surface area contributed by atoms with Crippen LogP contribution in [0.3, 0.4) is 0 Å². The molecule has 0 atom stereocenters. The number of benzene rings is 1. The van der Waals surface area contributed by atoms with Gasteiger partial charge in [0.15, 0.2) is 0 Å². The second-order valence-corrected chi connectivity index (χ2v) is 8.59. The number of amides is 1. The van der Waals surface area contributed by atoms with Gasteiger partial charge in [0.1, 0.15) is 5.67 Å². The number of para-hydroxylation sites is 1. The van der Waals surface area contributed by atoms with Gasteiger partial charge in [0.05, 0.1) is 18.5 Å². The van der Waals surface area contributed by atoms with Gasteiger partial charge in [0, 0.05) is 25.6 Å². The van der Waals surface area contributed by atoms with E-state index in [2.05, 4.69) is 0 Å². The molecule has 1 amide bonds. The number of halogens is 1. The first kappa shape index (κ1) is 17.2. The van der Waals surface area contributed by atoms with Gasteiger partial charge < -0.3 is 10.6 Å². The fourth-order valence-corrected chi connectivity index (χ4v) is 4.41. The Balaban J connectivity index is 1.81. The van der Waals surface area contributed by atoms with Crippen LogP contribution in [0.5, 0.6) is 0 Å². The van der Waals surface area contributed by atoms with Crippen LogP contribution < -0.4 is 10.0 Å². The summed E-state index contributed by atoms with van der Waals surface area (Å²) in [4.78, 5) is 14.3. The lowest BCUT2D eigenvalue weighted by molar-refractivity contribution is -0.144. The van der Waals surface area contributed by atoms with E-state index in [9.17, 15) is 17.6 Å². The lowest BCUT2D eigenvalue weighted by Gasteiger charge is -2.41. The highest BCUT2D eigenvalue weighted by atomic mass is 32.2. The Labute approximate surface area is 141 Å². The van der Waals surface area contributed by atoms with Crippen molar-refractivity contribution >= 4 is 21.6 Å². The first-order valence-corrected chi connectivity index (χ1v) is 9.82. The van der Waals surface area contributed by atoms with E-state index in [-0.39, 0.29) is 37.8 Å². The van der Waals surface area contributed by atoms with Crippen LogP contribution in [0.4, 0.5) is 10.1 Å². The van der Waals surface area contributed by atoms with E-state index in [4.69, 9.17) is 5.73 Å². The fraction of sp³-hybridized carbons (Fsp3) is 0.562. The van der Waals surface area contributed by atoms with Gasteiger partial charge in [-0.1, -0.05) is 18.2 Å². The zero-order valence-corrected chi connectivity index (χ0v) is 14.4. The normalized spacial score (nSPS) is 27.2. The monoisotopic (exact) mass is 355 g/mol. The first-order valence-electron chi connectivity index (χ1n) is 7.97. The molecule has 1 heterocycles. The van der Waals surface area contributed by atoms with Crippen LogP contribution in [0.25, 0.3) is 0 Å². The lowest BCUT2D eigenvalue weighted by Crippen LogP contribution is -2.52. The largest absolute Gasteiger partial charge is 0.336 e. The van der Waals surface area contributed by atoms with Crippen molar-refractivity contribution in [3.8, 4) is 0 Å². The predicted molar refractivity (Wildman–Crippen MR) is 89.7 cm³/mol. The molecule has 6 nitrogen and oxygen atoms in total. The van der Waals surface area contributed by atoms with E-state index in [1.807, 2.05) is 12.1 Å². The smallest absolute Gasteiger partial charge is 0.232 e. The van der Waals surface area contributed by atoms with Gasteiger partial charge in [-0.25, -0.2) is 12.8 Å². The maximum absolute atomic E-state index is 14.0. The summed E-state index contributed by atoms with van der Waals surface area (Å²) in [6.45, 7) is 0.756. The highest BCUT2D eigenvalue weighted by Crippen LogP contribution is 2.42. The maximum atomic E-state index is 14.0. The van der Waals surface area contributed by atoms with Gasteiger partial charge >= 0.3 is 0 Å². The zero-order valence-electron chi connectivity index (χ0n) is 13.6. The molecule has 2 aliphatic rings. The Bertz CT molecular complexity index is 747. The van der Waals surface area contributed by atoms with Crippen molar-refractivity contribution in [2.75, 3.05) is 30.2 Å². The third-order valence-electron chi connectivity index (χ3n) is 4.85. The summed E-state index contributed by atoms with van der Waals surface area (Å²) in [7, 11) is -3.43. The average Bonchev–Trinajstić information content (AvgIpc) is 2.70. The van der Waals surface area contributed by atoms with Gasteiger partial charge in [0.2, 0.25) is 15.9 Å². The molecule has 2 N–H and O–H groups in total. The van der Waals surface area contributed by atoms with Gasteiger partial charge in [-0.15, -0.1) is 0 Å². The molecule has 0 bridgehead atoms. The van der Waals surface area contributed by atoms with Crippen molar-refractivity contribution in [1.82, 2.24) is 4.90 Å². The number of alkyl halides is 1. The van der Waals surface area contributed by atoms with Crippen LogP contribution in [0.2, 0.25) is 0 Å². The molecule has 132 valence electrons. The van der Waals surface area contributed by atoms with Gasteiger partial charge in [-0.2, -0.15) is 0 Å². The SMILES string of the molecule is CS(=O)(=O)N1CCN(C(=O)C2CC(F)(CN)C2)Cc2ccccc21. The number of hydrogen-bond acceptors (Lipinski definition) is 4. The van der Waals surface area contributed by atoms with Crippen molar-refractivity contribution in [2.45, 2.75) is 25.1 Å². The second kappa shape index (κ2) is 6.00. The number of anilines is 1. The predicted octanol–water partition coefficient (Wildman–Crippen LogP) is 0.872. The Kier molecular flexibility index (Phi) is 4.29. The molecule has 0 unspecified atom stereocenters. The molecule has 1 aliphatic heterocycles. The molecule has 0 spiro atoms. The summed E-state index contributed by atoms with van der Waals surface area (Å²) in [6.07, 6.45) is 1.46. The van der Waals surface area contributed by atoms with Crippen LogP contribution in [0, 0.1) is 5.92 Å². The van der Waals surface area contributed by atoms with Crippen LogP contribution in [-0.4, -0.2) is 50.8 Å². The van der Waals surface area contributed by atoms with Gasteiger partial charge in [-0.05, 0) is 24.5 Å². The third-order valence-corrected chi connectivity index (χ3v) is 6.03. The molecule has 0 saturated heterocycles. The molecular formula is C16H22FN3O3S. The van der Waals surface area contributed by atoms with Crippen LogP contribution in [0.1, 0.15) is 18.4 Å². The van der Waals surface area contributed by atoms with E-state index < -0.39 is 15.7 Å². The summed E-state index contributed by atoms with van der Waals surface area (Å²) in [5, 5.41) is 0. The van der Waals surface area contributed by atoms with Crippen LogP contribution in [0.15, 0.2) is 24.3 Å². The standard InChI is InChI=1S/C16H22FN3O3S/c1-24(22,23)20-7-6-19(10-12-4-2-3-5-14(12)20)15(21)13-8-16(17,9-13)11-18/h2-5,13H,6-11,18H2,1H3. The van der Waals surface area contributed by atoms with Gasteiger partial charge in [0.25, 0.3) is 0 Å². The number of rotatable bonds is 3. The Morgan fingerprint density at radius 3 is 2.62 bits per heavy atom. The molecular weight excluding hydrogens is 333 g/mol. The highest BCUT2D eigenvalue weighted by Gasteiger charge is 2.48. The number of nitrogens with two attached hydrogens (primary N) is 1. The van der Waals surface area contributed by atoms with Crippen LogP contribution in [-0.2, 0) is 21.4 Å². The Morgan fingerprint density at radius 2 is 2.00 bits per heavy atom. The van der Waals surface area contributed by atoms with Crippen molar-refractivity contribution < 1.29 is 17.6 Å². The van der Waals surface area contributed by atoms with E-state index in [0.717, 1.165) is 11.8 Å². The molecule has 8 heteroatoms. The summed E-state index contributed by atoms with van der Waals surface area (Å²) >= 11 is 0. The molecule has 1 fully saturated rings. The first-order chi connectivity index (χ1) is 11.2. The maximum Gasteiger partial charge on any atom is 0.232 e. The molecule has 3 rings (SSSR count).